The van der Waals surface area contributed by atoms with Crippen LogP contribution in [0, 0.1) is 5.92 Å². The smallest absolute Gasteiger partial charge is 0.283 e. The van der Waals surface area contributed by atoms with E-state index in [2.05, 4.69) is 32.9 Å². The number of aromatic nitrogens is 2. The van der Waals surface area contributed by atoms with Crippen LogP contribution < -0.4 is 10.9 Å². The highest BCUT2D eigenvalue weighted by Gasteiger charge is 2.16. The molecule has 1 aliphatic heterocycles. The second kappa shape index (κ2) is 6.43. The molecule has 0 bridgehead atoms. The first kappa shape index (κ1) is 13.7. The summed E-state index contributed by atoms with van der Waals surface area (Å²) < 4.78 is 1.93. The molecule has 1 N–H and O–H groups in total. The molecular formula is C12H16BrN3OS. The van der Waals surface area contributed by atoms with Crippen molar-refractivity contribution in [1.82, 2.24) is 9.78 Å². The van der Waals surface area contributed by atoms with Crippen LogP contribution in [0.1, 0.15) is 6.42 Å². The van der Waals surface area contributed by atoms with Crippen LogP contribution >= 0.6 is 27.7 Å². The maximum Gasteiger partial charge on any atom is 0.283 e. The fraction of sp³-hybridized carbons (Fsp3) is 0.500. The van der Waals surface area contributed by atoms with Gasteiger partial charge in [0.25, 0.3) is 5.56 Å². The van der Waals surface area contributed by atoms with Gasteiger partial charge in [-0.2, -0.15) is 16.9 Å². The zero-order valence-electron chi connectivity index (χ0n) is 10.1. The molecule has 2 rings (SSSR count). The van der Waals surface area contributed by atoms with Gasteiger partial charge in [-0.1, -0.05) is 6.08 Å². The minimum absolute atomic E-state index is 0.124. The van der Waals surface area contributed by atoms with E-state index in [1.54, 1.807) is 12.3 Å². The maximum absolute atomic E-state index is 11.9. The molecule has 18 heavy (non-hydrogen) atoms. The Labute approximate surface area is 119 Å². The van der Waals surface area contributed by atoms with E-state index in [-0.39, 0.29) is 5.56 Å². The largest absolute Gasteiger partial charge is 0.382 e. The van der Waals surface area contributed by atoms with Crippen LogP contribution in [0.15, 0.2) is 28.1 Å². The number of anilines is 1. The van der Waals surface area contributed by atoms with Gasteiger partial charge in [0, 0.05) is 6.54 Å². The van der Waals surface area contributed by atoms with Gasteiger partial charge in [-0.25, -0.2) is 4.68 Å². The quantitative estimate of drug-likeness (QED) is 0.842. The van der Waals surface area contributed by atoms with Gasteiger partial charge in [0.2, 0.25) is 0 Å². The van der Waals surface area contributed by atoms with E-state index < -0.39 is 0 Å². The van der Waals surface area contributed by atoms with Gasteiger partial charge < -0.3 is 5.32 Å². The third kappa shape index (κ3) is 3.17. The number of hydrogen-bond acceptors (Lipinski definition) is 4. The van der Waals surface area contributed by atoms with Gasteiger partial charge in [0.15, 0.2) is 0 Å². The molecule has 0 aliphatic carbocycles. The lowest BCUT2D eigenvalue weighted by atomic mass is 10.1. The monoisotopic (exact) mass is 329 g/mol. The molecule has 1 aliphatic rings. The van der Waals surface area contributed by atoms with Gasteiger partial charge in [-0.05, 0) is 39.8 Å². The van der Waals surface area contributed by atoms with Crippen LogP contribution in [0.3, 0.4) is 0 Å². The van der Waals surface area contributed by atoms with Crippen LogP contribution in [0.25, 0.3) is 0 Å². The van der Waals surface area contributed by atoms with Crippen molar-refractivity contribution in [2.24, 2.45) is 5.92 Å². The first-order valence-corrected chi connectivity index (χ1v) is 7.85. The summed E-state index contributed by atoms with van der Waals surface area (Å²) in [6.07, 6.45) is 4.59. The standard InChI is InChI=1S/C12H16BrN3OS/c1-2-4-16-12(17)11(13)10(7-15-16)14-6-9-3-5-18-8-9/h2,7,9,14H,1,3-6,8H2. The third-order valence-electron chi connectivity index (χ3n) is 2.89. The van der Waals surface area contributed by atoms with E-state index in [0.29, 0.717) is 16.9 Å². The van der Waals surface area contributed by atoms with Crippen LogP contribution in [0.2, 0.25) is 0 Å². The second-order valence-electron chi connectivity index (χ2n) is 4.26. The van der Waals surface area contributed by atoms with Crippen molar-refractivity contribution in [3.05, 3.63) is 33.7 Å². The van der Waals surface area contributed by atoms with E-state index in [4.69, 9.17) is 0 Å². The zero-order chi connectivity index (χ0) is 13.0. The minimum Gasteiger partial charge on any atom is -0.382 e. The number of rotatable bonds is 5. The Morgan fingerprint density at radius 3 is 3.22 bits per heavy atom. The van der Waals surface area contributed by atoms with Crippen LogP contribution in [0.5, 0.6) is 0 Å². The summed E-state index contributed by atoms with van der Waals surface area (Å²) in [5.41, 5.74) is 0.651. The molecule has 1 unspecified atom stereocenters. The molecule has 1 aromatic rings. The highest BCUT2D eigenvalue weighted by molar-refractivity contribution is 9.10. The van der Waals surface area contributed by atoms with Crippen molar-refractivity contribution in [2.75, 3.05) is 23.4 Å². The molecule has 6 heteroatoms. The minimum atomic E-state index is -0.124. The van der Waals surface area contributed by atoms with E-state index in [1.165, 1.54) is 22.6 Å². The molecule has 0 amide bonds. The Bertz CT molecular complexity index is 483. The number of nitrogens with zero attached hydrogens (tertiary/aromatic N) is 2. The van der Waals surface area contributed by atoms with E-state index >= 15 is 0 Å². The fourth-order valence-corrected chi connectivity index (χ4v) is 3.57. The summed E-state index contributed by atoms with van der Waals surface area (Å²) in [7, 11) is 0. The van der Waals surface area contributed by atoms with Gasteiger partial charge in [0.1, 0.15) is 4.47 Å². The van der Waals surface area contributed by atoms with Crippen molar-refractivity contribution in [3.63, 3.8) is 0 Å². The molecular weight excluding hydrogens is 314 g/mol. The molecule has 1 saturated heterocycles. The molecule has 4 nitrogen and oxygen atoms in total. The summed E-state index contributed by atoms with van der Waals surface area (Å²) >= 11 is 5.32. The molecule has 1 aromatic heterocycles. The summed E-state index contributed by atoms with van der Waals surface area (Å²) in [6, 6.07) is 0. The van der Waals surface area contributed by atoms with Crippen molar-refractivity contribution in [2.45, 2.75) is 13.0 Å². The van der Waals surface area contributed by atoms with E-state index in [9.17, 15) is 4.79 Å². The van der Waals surface area contributed by atoms with Crippen molar-refractivity contribution in [3.8, 4) is 0 Å². The van der Waals surface area contributed by atoms with E-state index in [0.717, 1.165) is 12.2 Å². The molecule has 0 aromatic carbocycles. The lowest BCUT2D eigenvalue weighted by Crippen LogP contribution is -2.25. The highest BCUT2D eigenvalue weighted by Crippen LogP contribution is 2.24. The normalized spacial score (nSPS) is 18.8. The highest BCUT2D eigenvalue weighted by atomic mass is 79.9. The van der Waals surface area contributed by atoms with Gasteiger partial charge in [-0.3, -0.25) is 4.79 Å². The first-order valence-electron chi connectivity index (χ1n) is 5.90. The maximum atomic E-state index is 11.9. The first-order chi connectivity index (χ1) is 8.72. The number of halogens is 1. The number of nitrogens with one attached hydrogen (secondary N) is 1. The Morgan fingerprint density at radius 1 is 1.72 bits per heavy atom. The van der Waals surface area contributed by atoms with E-state index in [1.807, 2.05) is 11.8 Å². The second-order valence-corrected chi connectivity index (χ2v) is 6.20. The SMILES string of the molecule is C=CCn1ncc(NCC2CCSC2)c(Br)c1=O. The molecule has 98 valence electrons. The molecule has 0 saturated carbocycles. The Hall–Kier alpha value is -0.750. The van der Waals surface area contributed by atoms with Crippen molar-refractivity contribution < 1.29 is 0 Å². The number of hydrogen-bond donors (Lipinski definition) is 1. The average Bonchev–Trinajstić information content (AvgIpc) is 2.87. The van der Waals surface area contributed by atoms with Gasteiger partial charge in [-0.15, -0.1) is 6.58 Å². The summed E-state index contributed by atoms with van der Waals surface area (Å²) in [5.74, 6) is 3.13. The lowest BCUT2D eigenvalue weighted by Gasteiger charge is -2.12. The summed E-state index contributed by atoms with van der Waals surface area (Å²) in [4.78, 5) is 11.9. The predicted molar refractivity (Wildman–Crippen MR) is 80.3 cm³/mol. The summed E-state index contributed by atoms with van der Waals surface area (Å²) in [6.45, 7) is 4.93. The molecule has 0 radical (unpaired) electrons. The zero-order valence-corrected chi connectivity index (χ0v) is 12.5. The Kier molecular flexibility index (Phi) is 4.88. The van der Waals surface area contributed by atoms with Crippen LogP contribution in [-0.4, -0.2) is 27.8 Å². The molecule has 1 atom stereocenters. The Balaban J connectivity index is 2.06. The van der Waals surface area contributed by atoms with Crippen LogP contribution in [-0.2, 0) is 6.54 Å². The fourth-order valence-electron chi connectivity index (χ4n) is 1.84. The van der Waals surface area contributed by atoms with Crippen LogP contribution in [0.4, 0.5) is 5.69 Å². The molecule has 0 spiro atoms. The summed E-state index contributed by atoms with van der Waals surface area (Å²) in [5, 5.41) is 7.41. The number of allylic oxidation sites excluding steroid dienone is 1. The predicted octanol–water partition coefficient (Wildman–Crippen LogP) is 2.36. The molecule has 2 heterocycles. The third-order valence-corrected chi connectivity index (χ3v) is 4.89. The Morgan fingerprint density at radius 2 is 2.56 bits per heavy atom. The number of thioether (sulfide) groups is 1. The van der Waals surface area contributed by atoms with Crippen molar-refractivity contribution in [1.29, 1.82) is 0 Å². The average molecular weight is 330 g/mol. The van der Waals surface area contributed by atoms with Gasteiger partial charge >= 0.3 is 0 Å². The van der Waals surface area contributed by atoms with Crippen molar-refractivity contribution >= 4 is 33.4 Å². The topological polar surface area (TPSA) is 46.9 Å². The molecule has 1 fully saturated rings. The van der Waals surface area contributed by atoms with Gasteiger partial charge in [0.05, 0.1) is 18.4 Å². The lowest BCUT2D eigenvalue weighted by molar-refractivity contribution is 0.625.